The third kappa shape index (κ3) is 2.33. The molecule has 2 bridgehead atoms. The molecule has 114 valence electrons. The molecule has 3 atom stereocenters. The average Bonchev–Trinajstić information content (AvgIpc) is 3.10. The Morgan fingerprint density at radius 3 is 2.62 bits per heavy atom. The van der Waals surface area contributed by atoms with Crippen molar-refractivity contribution < 1.29 is 9.47 Å². The van der Waals surface area contributed by atoms with E-state index in [0.29, 0.717) is 19.8 Å². The van der Waals surface area contributed by atoms with Gasteiger partial charge in [0.05, 0.1) is 32.4 Å². The van der Waals surface area contributed by atoms with Gasteiger partial charge in [0.1, 0.15) is 18.2 Å². The summed E-state index contributed by atoms with van der Waals surface area (Å²) in [6.07, 6.45) is 0.268. The maximum atomic E-state index is 5.55. The zero-order valence-corrected chi connectivity index (χ0v) is 12.3. The standard InChI is InChI=1S/C13H20N6O2/c1-8-6-20-4-3-18(8)12-14-9(2)15-13(17-12)19-5-11-16-10(19)7-21-11/h8,10-11,16H,3-7H2,1-2H3/t8-,10-,11-/m1/s1. The van der Waals surface area contributed by atoms with Crippen LogP contribution >= 0.6 is 0 Å². The molecule has 3 fully saturated rings. The van der Waals surface area contributed by atoms with Crippen LogP contribution in [0.5, 0.6) is 0 Å². The summed E-state index contributed by atoms with van der Waals surface area (Å²) < 4.78 is 11.0. The van der Waals surface area contributed by atoms with Gasteiger partial charge < -0.3 is 19.3 Å². The Kier molecular flexibility index (Phi) is 3.16. The largest absolute Gasteiger partial charge is 0.377 e. The minimum absolute atomic E-state index is 0.0952. The van der Waals surface area contributed by atoms with E-state index in [4.69, 9.17) is 9.47 Å². The van der Waals surface area contributed by atoms with Crippen LogP contribution in [0.2, 0.25) is 0 Å². The lowest BCUT2D eigenvalue weighted by atomic mass is 10.3. The number of aromatic nitrogens is 3. The molecule has 0 spiro atoms. The Bertz CT molecular complexity index is 521. The summed E-state index contributed by atoms with van der Waals surface area (Å²) in [7, 11) is 0. The second kappa shape index (κ2) is 5.04. The summed E-state index contributed by atoms with van der Waals surface area (Å²) in [5.41, 5.74) is 0. The van der Waals surface area contributed by atoms with Crippen molar-refractivity contribution in [2.45, 2.75) is 32.3 Å². The van der Waals surface area contributed by atoms with Gasteiger partial charge in [0.2, 0.25) is 11.9 Å². The first kappa shape index (κ1) is 13.2. The number of hydrogen-bond acceptors (Lipinski definition) is 8. The van der Waals surface area contributed by atoms with Gasteiger partial charge in [0.25, 0.3) is 0 Å². The van der Waals surface area contributed by atoms with E-state index in [2.05, 4.69) is 37.0 Å². The lowest BCUT2D eigenvalue weighted by Crippen LogP contribution is -2.45. The number of ether oxygens (including phenoxy) is 2. The summed E-state index contributed by atoms with van der Waals surface area (Å²) in [6.45, 7) is 7.75. The lowest BCUT2D eigenvalue weighted by molar-refractivity contribution is 0.0930. The van der Waals surface area contributed by atoms with Crippen LogP contribution < -0.4 is 15.1 Å². The predicted molar refractivity (Wildman–Crippen MR) is 76.2 cm³/mol. The first-order valence-corrected chi connectivity index (χ1v) is 7.42. The first-order chi connectivity index (χ1) is 10.2. The Hall–Kier alpha value is -1.51. The molecule has 3 saturated heterocycles. The molecule has 0 aromatic carbocycles. The fraction of sp³-hybridized carbons (Fsp3) is 0.769. The molecule has 8 nitrogen and oxygen atoms in total. The second-order valence-electron chi connectivity index (χ2n) is 5.76. The summed E-state index contributed by atoms with van der Waals surface area (Å²) in [6, 6.07) is 0.282. The van der Waals surface area contributed by atoms with Crippen molar-refractivity contribution >= 4 is 11.9 Å². The lowest BCUT2D eigenvalue weighted by Gasteiger charge is -2.34. The van der Waals surface area contributed by atoms with Crippen molar-refractivity contribution in [3.05, 3.63) is 5.82 Å². The van der Waals surface area contributed by atoms with Gasteiger partial charge in [-0.3, -0.25) is 5.32 Å². The van der Waals surface area contributed by atoms with E-state index in [-0.39, 0.29) is 18.4 Å². The molecule has 1 aromatic heterocycles. The molecule has 4 rings (SSSR count). The van der Waals surface area contributed by atoms with Crippen LogP contribution in [0, 0.1) is 6.92 Å². The molecular formula is C13H20N6O2. The number of anilines is 2. The predicted octanol–water partition coefficient (Wildman–Crippen LogP) is -0.503. The second-order valence-corrected chi connectivity index (χ2v) is 5.76. The average molecular weight is 292 g/mol. The monoisotopic (exact) mass is 292 g/mol. The topological polar surface area (TPSA) is 75.6 Å². The van der Waals surface area contributed by atoms with Crippen molar-refractivity contribution in [3.63, 3.8) is 0 Å². The normalized spacial score (nSPS) is 32.0. The highest BCUT2D eigenvalue weighted by atomic mass is 16.5. The maximum Gasteiger partial charge on any atom is 0.231 e. The molecule has 0 saturated carbocycles. The van der Waals surface area contributed by atoms with Crippen molar-refractivity contribution in [2.24, 2.45) is 0 Å². The van der Waals surface area contributed by atoms with Gasteiger partial charge in [-0.1, -0.05) is 0 Å². The van der Waals surface area contributed by atoms with Gasteiger partial charge in [-0.2, -0.15) is 15.0 Å². The summed E-state index contributed by atoms with van der Waals surface area (Å²) in [5.74, 6) is 2.23. The molecule has 8 heteroatoms. The number of rotatable bonds is 2. The molecule has 3 aliphatic heterocycles. The minimum Gasteiger partial charge on any atom is -0.377 e. The third-order valence-corrected chi connectivity index (χ3v) is 4.18. The van der Waals surface area contributed by atoms with Gasteiger partial charge in [-0.25, -0.2) is 0 Å². The van der Waals surface area contributed by atoms with Crippen LogP contribution in [0.4, 0.5) is 11.9 Å². The quantitative estimate of drug-likeness (QED) is 0.782. The molecule has 3 aliphatic rings. The Morgan fingerprint density at radius 1 is 1.14 bits per heavy atom. The van der Waals surface area contributed by atoms with E-state index in [0.717, 1.165) is 30.8 Å². The number of fused-ring (bicyclic) bond motifs is 2. The maximum absolute atomic E-state index is 5.55. The van der Waals surface area contributed by atoms with Crippen LogP contribution in [-0.2, 0) is 9.47 Å². The van der Waals surface area contributed by atoms with Crippen molar-refractivity contribution in [1.29, 1.82) is 0 Å². The molecule has 21 heavy (non-hydrogen) atoms. The summed E-state index contributed by atoms with van der Waals surface area (Å²) in [5, 5.41) is 3.37. The fourth-order valence-electron chi connectivity index (χ4n) is 3.07. The molecule has 0 amide bonds. The smallest absolute Gasteiger partial charge is 0.231 e. The zero-order valence-electron chi connectivity index (χ0n) is 12.3. The van der Waals surface area contributed by atoms with Gasteiger partial charge >= 0.3 is 0 Å². The van der Waals surface area contributed by atoms with E-state index in [1.807, 2.05) is 6.92 Å². The minimum atomic E-state index is 0.0952. The van der Waals surface area contributed by atoms with E-state index < -0.39 is 0 Å². The Morgan fingerprint density at radius 2 is 1.95 bits per heavy atom. The highest BCUT2D eigenvalue weighted by molar-refractivity contribution is 5.42. The SMILES string of the molecule is Cc1nc(N2CCOC[C@H]2C)nc(N2C[C@@H]3N[C@H]2CO3)n1. The van der Waals surface area contributed by atoms with Crippen LogP contribution in [0.3, 0.4) is 0 Å². The van der Waals surface area contributed by atoms with Crippen LogP contribution in [0.15, 0.2) is 0 Å². The third-order valence-electron chi connectivity index (χ3n) is 4.18. The number of nitrogens with zero attached hydrogens (tertiary/aromatic N) is 5. The Balaban J connectivity index is 1.63. The number of nitrogens with one attached hydrogen (secondary N) is 1. The summed E-state index contributed by atoms with van der Waals surface area (Å²) in [4.78, 5) is 18.1. The summed E-state index contributed by atoms with van der Waals surface area (Å²) >= 11 is 0. The van der Waals surface area contributed by atoms with Crippen LogP contribution in [0.25, 0.3) is 0 Å². The molecule has 1 aromatic rings. The van der Waals surface area contributed by atoms with E-state index in [9.17, 15) is 0 Å². The highest BCUT2D eigenvalue weighted by Gasteiger charge is 2.40. The van der Waals surface area contributed by atoms with Crippen molar-refractivity contribution in [3.8, 4) is 0 Å². The zero-order chi connectivity index (χ0) is 14.4. The number of hydrogen-bond donors (Lipinski definition) is 1. The fourth-order valence-corrected chi connectivity index (χ4v) is 3.07. The molecular weight excluding hydrogens is 272 g/mol. The highest BCUT2D eigenvalue weighted by Crippen LogP contribution is 2.25. The molecule has 0 radical (unpaired) electrons. The molecule has 0 unspecified atom stereocenters. The number of aryl methyl sites for hydroxylation is 1. The van der Waals surface area contributed by atoms with Gasteiger partial charge in [0, 0.05) is 6.54 Å². The number of morpholine rings is 2. The molecule has 0 aliphatic carbocycles. The molecule has 1 N–H and O–H groups in total. The van der Waals surface area contributed by atoms with Crippen LogP contribution in [0.1, 0.15) is 12.7 Å². The van der Waals surface area contributed by atoms with Crippen molar-refractivity contribution in [2.75, 3.05) is 42.7 Å². The van der Waals surface area contributed by atoms with Crippen LogP contribution in [-0.4, -0.2) is 66.3 Å². The van der Waals surface area contributed by atoms with Gasteiger partial charge in [-0.15, -0.1) is 0 Å². The molecule has 4 heterocycles. The van der Waals surface area contributed by atoms with E-state index >= 15 is 0 Å². The Labute approximate surface area is 123 Å². The van der Waals surface area contributed by atoms with Gasteiger partial charge in [0.15, 0.2) is 0 Å². The van der Waals surface area contributed by atoms with E-state index in [1.54, 1.807) is 0 Å². The first-order valence-electron chi connectivity index (χ1n) is 7.42. The van der Waals surface area contributed by atoms with E-state index in [1.165, 1.54) is 0 Å². The van der Waals surface area contributed by atoms with Gasteiger partial charge in [-0.05, 0) is 13.8 Å². The van der Waals surface area contributed by atoms with Crippen molar-refractivity contribution in [1.82, 2.24) is 20.3 Å².